The van der Waals surface area contributed by atoms with E-state index >= 15 is 0 Å². The normalized spacial score (nSPS) is 10.2. The summed E-state index contributed by atoms with van der Waals surface area (Å²) in [5, 5.41) is 7.41. The standard InChI is InChI=1S/C13H16BrN3OS/c1-3-7-15-13(19)17-16-9-10-5-6-12(18-4-2)11(14)8-10/h3,5-6,8-9H,1,4,7H2,2H3,(H2,15,17,19)/b16-9+. The number of rotatable bonds is 6. The molecule has 2 N–H and O–H groups in total. The van der Waals surface area contributed by atoms with E-state index in [-0.39, 0.29) is 0 Å². The molecule has 0 atom stereocenters. The molecule has 0 bridgehead atoms. The number of hydrazone groups is 1. The lowest BCUT2D eigenvalue weighted by atomic mass is 10.2. The lowest BCUT2D eigenvalue weighted by Gasteiger charge is -2.06. The maximum absolute atomic E-state index is 5.43. The first-order valence-corrected chi connectivity index (χ1v) is 6.97. The second kappa shape index (κ2) is 8.66. The molecule has 6 heteroatoms. The van der Waals surface area contributed by atoms with Crippen molar-refractivity contribution in [1.29, 1.82) is 0 Å². The van der Waals surface area contributed by atoms with Gasteiger partial charge < -0.3 is 10.1 Å². The minimum absolute atomic E-state index is 0.459. The molecule has 0 saturated heterocycles. The fourth-order valence-electron chi connectivity index (χ4n) is 1.24. The number of ether oxygens (including phenoxy) is 1. The third-order valence-corrected chi connectivity index (χ3v) is 2.90. The number of nitrogens with one attached hydrogen (secondary N) is 2. The average Bonchev–Trinajstić information content (AvgIpc) is 2.39. The van der Waals surface area contributed by atoms with Crippen LogP contribution in [0.4, 0.5) is 0 Å². The van der Waals surface area contributed by atoms with Gasteiger partial charge in [-0.1, -0.05) is 6.08 Å². The molecule has 0 fully saturated rings. The third-order valence-electron chi connectivity index (χ3n) is 2.04. The van der Waals surface area contributed by atoms with E-state index in [1.165, 1.54) is 0 Å². The fourth-order valence-corrected chi connectivity index (χ4v) is 1.89. The van der Waals surface area contributed by atoms with Gasteiger partial charge >= 0.3 is 0 Å². The Labute approximate surface area is 127 Å². The van der Waals surface area contributed by atoms with Crippen LogP contribution in [0.5, 0.6) is 5.75 Å². The topological polar surface area (TPSA) is 45.7 Å². The van der Waals surface area contributed by atoms with E-state index in [4.69, 9.17) is 17.0 Å². The Balaban J connectivity index is 2.55. The molecule has 0 aliphatic heterocycles. The second-order valence-electron chi connectivity index (χ2n) is 3.49. The van der Waals surface area contributed by atoms with Gasteiger partial charge in [0.1, 0.15) is 5.75 Å². The van der Waals surface area contributed by atoms with Crippen molar-refractivity contribution >= 4 is 39.5 Å². The van der Waals surface area contributed by atoms with E-state index in [1.807, 2.05) is 25.1 Å². The van der Waals surface area contributed by atoms with Crippen molar-refractivity contribution in [1.82, 2.24) is 10.7 Å². The van der Waals surface area contributed by atoms with Crippen LogP contribution in [0.15, 0.2) is 40.4 Å². The predicted molar refractivity (Wildman–Crippen MR) is 86.8 cm³/mol. The summed E-state index contributed by atoms with van der Waals surface area (Å²) in [6, 6.07) is 5.74. The number of thiocarbonyl (C=S) groups is 1. The van der Waals surface area contributed by atoms with Crippen LogP contribution in [0.2, 0.25) is 0 Å². The largest absolute Gasteiger partial charge is 0.493 e. The molecule has 0 saturated carbocycles. The summed E-state index contributed by atoms with van der Waals surface area (Å²) in [4.78, 5) is 0. The van der Waals surface area contributed by atoms with Crippen LogP contribution in [-0.2, 0) is 0 Å². The second-order valence-corrected chi connectivity index (χ2v) is 4.75. The van der Waals surface area contributed by atoms with Crippen LogP contribution in [0.3, 0.4) is 0 Å². The Hall–Kier alpha value is -1.40. The Bertz CT molecular complexity index is 477. The molecule has 102 valence electrons. The molecule has 0 radical (unpaired) electrons. The van der Waals surface area contributed by atoms with Gasteiger partial charge in [0.15, 0.2) is 5.11 Å². The Morgan fingerprint density at radius 2 is 2.37 bits per heavy atom. The first-order valence-electron chi connectivity index (χ1n) is 5.77. The summed E-state index contributed by atoms with van der Waals surface area (Å²) >= 11 is 8.45. The summed E-state index contributed by atoms with van der Waals surface area (Å²) < 4.78 is 6.33. The van der Waals surface area contributed by atoms with Gasteiger partial charge in [0.2, 0.25) is 0 Å². The van der Waals surface area contributed by atoms with Crippen molar-refractivity contribution in [2.45, 2.75) is 6.92 Å². The van der Waals surface area contributed by atoms with Gasteiger partial charge in [0.25, 0.3) is 0 Å². The first kappa shape index (κ1) is 15.7. The van der Waals surface area contributed by atoms with Crippen LogP contribution in [-0.4, -0.2) is 24.5 Å². The lowest BCUT2D eigenvalue weighted by Crippen LogP contribution is -2.31. The summed E-state index contributed by atoms with van der Waals surface area (Å²) in [5.74, 6) is 0.816. The van der Waals surface area contributed by atoms with Gasteiger partial charge in [-0.25, -0.2) is 0 Å². The van der Waals surface area contributed by atoms with E-state index in [2.05, 4.69) is 38.4 Å². The van der Waals surface area contributed by atoms with Gasteiger partial charge in [0.05, 0.1) is 17.3 Å². The molecule has 0 amide bonds. The number of hydrogen-bond donors (Lipinski definition) is 2. The zero-order valence-electron chi connectivity index (χ0n) is 10.6. The number of hydrogen-bond acceptors (Lipinski definition) is 3. The fraction of sp³-hybridized carbons (Fsp3) is 0.231. The zero-order valence-corrected chi connectivity index (χ0v) is 13.1. The molecule has 0 aliphatic rings. The number of nitrogens with zero attached hydrogens (tertiary/aromatic N) is 1. The highest BCUT2D eigenvalue weighted by Gasteiger charge is 2.00. The van der Waals surface area contributed by atoms with Crippen molar-refractivity contribution in [3.8, 4) is 5.75 Å². The molecule has 19 heavy (non-hydrogen) atoms. The molecule has 1 aromatic carbocycles. The van der Waals surface area contributed by atoms with Crippen molar-refractivity contribution < 1.29 is 4.74 Å². The van der Waals surface area contributed by atoms with Crippen molar-refractivity contribution in [2.24, 2.45) is 5.10 Å². The molecule has 1 rings (SSSR count). The van der Waals surface area contributed by atoms with Crippen molar-refractivity contribution in [3.63, 3.8) is 0 Å². The van der Waals surface area contributed by atoms with Gasteiger partial charge in [-0.3, -0.25) is 5.43 Å². The molecule has 0 aromatic heterocycles. The quantitative estimate of drug-likeness (QED) is 0.361. The van der Waals surface area contributed by atoms with Gasteiger partial charge in [0, 0.05) is 6.54 Å². The molecule has 0 spiro atoms. The molecule has 0 heterocycles. The maximum Gasteiger partial charge on any atom is 0.187 e. The molecular weight excluding hydrogens is 326 g/mol. The lowest BCUT2D eigenvalue weighted by molar-refractivity contribution is 0.338. The third kappa shape index (κ3) is 5.85. The molecule has 4 nitrogen and oxygen atoms in total. The van der Waals surface area contributed by atoms with Crippen LogP contribution < -0.4 is 15.5 Å². The van der Waals surface area contributed by atoms with Gasteiger partial charge in [-0.05, 0) is 58.8 Å². The van der Waals surface area contributed by atoms with Crippen LogP contribution in [0.1, 0.15) is 12.5 Å². The van der Waals surface area contributed by atoms with Crippen LogP contribution in [0.25, 0.3) is 0 Å². The smallest absolute Gasteiger partial charge is 0.187 e. The van der Waals surface area contributed by atoms with Gasteiger partial charge in [-0.2, -0.15) is 5.10 Å². The van der Waals surface area contributed by atoms with Crippen LogP contribution in [0, 0.1) is 0 Å². The highest BCUT2D eigenvalue weighted by atomic mass is 79.9. The van der Waals surface area contributed by atoms with Crippen LogP contribution >= 0.6 is 28.1 Å². The Morgan fingerprint density at radius 1 is 1.58 bits per heavy atom. The summed E-state index contributed by atoms with van der Waals surface area (Å²) in [6.45, 7) is 6.78. The molecular formula is C13H16BrN3OS. The summed E-state index contributed by atoms with van der Waals surface area (Å²) in [7, 11) is 0. The first-order chi connectivity index (χ1) is 9.17. The zero-order chi connectivity index (χ0) is 14.1. The van der Waals surface area contributed by atoms with E-state index in [0.29, 0.717) is 18.3 Å². The van der Waals surface area contributed by atoms with Gasteiger partial charge in [-0.15, -0.1) is 6.58 Å². The maximum atomic E-state index is 5.43. The highest BCUT2D eigenvalue weighted by Crippen LogP contribution is 2.25. The van der Waals surface area contributed by atoms with E-state index in [1.54, 1.807) is 12.3 Å². The Morgan fingerprint density at radius 3 is 3.00 bits per heavy atom. The summed E-state index contributed by atoms with van der Waals surface area (Å²) in [6.07, 6.45) is 3.41. The average molecular weight is 342 g/mol. The number of halogens is 1. The van der Waals surface area contributed by atoms with Crippen molar-refractivity contribution in [2.75, 3.05) is 13.2 Å². The minimum atomic E-state index is 0.459. The van der Waals surface area contributed by atoms with E-state index in [0.717, 1.165) is 15.8 Å². The molecule has 0 aliphatic carbocycles. The number of benzene rings is 1. The van der Waals surface area contributed by atoms with Crippen molar-refractivity contribution in [3.05, 3.63) is 40.9 Å². The summed E-state index contributed by atoms with van der Waals surface area (Å²) in [5.41, 5.74) is 3.66. The predicted octanol–water partition coefficient (Wildman–Crippen LogP) is 2.83. The minimum Gasteiger partial charge on any atom is -0.493 e. The SMILES string of the molecule is C=CCNC(=S)N/N=C/c1ccc(OCC)c(Br)c1. The molecule has 1 aromatic rings. The highest BCUT2D eigenvalue weighted by molar-refractivity contribution is 9.10. The van der Waals surface area contributed by atoms with E-state index < -0.39 is 0 Å². The monoisotopic (exact) mass is 341 g/mol. The molecule has 0 unspecified atom stereocenters. The van der Waals surface area contributed by atoms with E-state index in [9.17, 15) is 0 Å². The Kier molecular flexibility index (Phi) is 7.14.